The van der Waals surface area contributed by atoms with E-state index in [4.69, 9.17) is 22.6 Å². The van der Waals surface area contributed by atoms with Crippen molar-refractivity contribution in [2.45, 2.75) is 244 Å². The van der Waals surface area contributed by atoms with Gasteiger partial charge in [0.25, 0.3) is 0 Å². The average Bonchev–Trinajstić information content (AvgIpc) is 1.56. The van der Waals surface area contributed by atoms with Crippen LogP contribution in [0.2, 0.25) is 0 Å². The number of amides is 14. The number of aromatic amines is 3. The maximum atomic E-state index is 15.4. The van der Waals surface area contributed by atoms with E-state index >= 15 is 24.0 Å². The predicted octanol–water partition coefficient (Wildman–Crippen LogP) is -2.64. The van der Waals surface area contributed by atoms with Crippen molar-refractivity contribution in [3.05, 3.63) is 120 Å². The van der Waals surface area contributed by atoms with Crippen molar-refractivity contribution < 1.29 is 92.0 Å². The number of H-pyrrole nitrogens is 3. The van der Waals surface area contributed by atoms with Crippen molar-refractivity contribution in [1.82, 2.24) is 104 Å². The summed E-state index contributed by atoms with van der Waals surface area (Å²) in [5.74, 6) is -18.9. The summed E-state index contributed by atoms with van der Waals surface area (Å²) in [5, 5.41) is 71.5. The Kier molecular flexibility index (Phi) is 40.1. The molecule has 43 nitrogen and oxygen atoms in total. The summed E-state index contributed by atoms with van der Waals surface area (Å²) in [6.45, 7) is 16.8. The van der Waals surface area contributed by atoms with Crippen molar-refractivity contribution in [1.29, 1.82) is 5.41 Å². The Morgan fingerprint density at radius 3 is 1.33 bits per heavy atom. The molecule has 4 heterocycles. The van der Waals surface area contributed by atoms with Gasteiger partial charge in [0.15, 0.2) is 5.96 Å². The van der Waals surface area contributed by atoms with Gasteiger partial charge >= 0.3 is 11.9 Å². The molecule has 5 aromatic rings. The molecule has 3 aromatic heterocycles. The van der Waals surface area contributed by atoms with Crippen molar-refractivity contribution in [3.63, 3.8) is 0 Å². The maximum absolute atomic E-state index is 15.4. The minimum atomic E-state index is -1.76. The summed E-state index contributed by atoms with van der Waals surface area (Å²) in [4.78, 5) is 248. The summed E-state index contributed by atoms with van der Waals surface area (Å²) in [6, 6.07) is -6.32. The highest BCUT2D eigenvalue weighted by molar-refractivity contribution is 6.01. The fourth-order valence-electron chi connectivity index (χ4n) is 13.9. The Balaban J connectivity index is 1.24. The van der Waals surface area contributed by atoms with Gasteiger partial charge in [-0.3, -0.25) is 77.3 Å². The second kappa shape index (κ2) is 49.8. The van der Waals surface area contributed by atoms with Crippen LogP contribution in [-0.2, 0) is 109 Å². The van der Waals surface area contributed by atoms with E-state index in [0.29, 0.717) is 23.2 Å². The lowest BCUT2D eigenvalue weighted by Gasteiger charge is -2.32. The third-order valence-electron chi connectivity index (χ3n) is 21.3. The molecular weight excluding hydrogens is 1640 g/mol. The number of phenols is 1. The van der Waals surface area contributed by atoms with Gasteiger partial charge in [0.2, 0.25) is 82.7 Å². The van der Waals surface area contributed by atoms with Gasteiger partial charge < -0.3 is 121 Å². The molecule has 0 radical (unpaired) electrons. The molecule has 1 aliphatic heterocycles. The second-order valence-corrected chi connectivity index (χ2v) is 32.6. The van der Waals surface area contributed by atoms with Gasteiger partial charge in [-0.15, -0.1) is 0 Å². The lowest BCUT2D eigenvalue weighted by molar-refractivity contribution is -0.144. The van der Waals surface area contributed by atoms with Crippen molar-refractivity contribution in [2.24, 2.45) is 46.8 Å². The van der Waals surface area contributed by atoms with Crippen molar-refractivity contribution in [2.75, 3.05) is 13.1 Å². The number of carboxylic acids is 2. The number of nitrogens with two attached hydrogens (primary N) is 3. The maximum Gasteiger partial charge on any atom is 0.326 e. The number of nitrogens with zero attached hydrogens (tertiary/aromatic N) is 4. The van der Waals surface area contributed by atoms with E-state index in [1.54, 1.807) is 99.6 Å². The van der Waals surface area contributed by atoms with E-state index in [0.717, 1.165) is 0 Å². The SMILES string of the molecule is CCC(C)C(NC(=O)C(Cc1ccc(O)cc1)NC(=O)C(NC(=O)C(CCCNC(=N)N)NC(=O)C(N)CC(=O)O)C(C)C)C(=O)NC(Cc1c[nH]cn1)C(=O)N1CCCC1C(=O)NC(Cc1ccccc1)C(=O)NC(Cc1c[nH]cn1)C(=O)NC(CC(C)C)C(=O)NC(C(=O)NC(C(=O)NC(Cc1c[nH]cn1)C(=O)NC(CC(N)=O)C(=O)O)C(C)CC)C(C)C. The number of primary amides is 1. The Morgan fingerprint density at radius 2 is 0.873 bits per heavy atom. The van der Waals surface area contributed by atoms with Crippen LogP contribution in [0.4, 0.5) is 0 Å². The molecule has 2 aromatic carbocycles. The molecule has 16 atom stereocenters. The Bertz CT molecular complexity index is 4500. The van der Waals surface area contributed by atoms with Gasteiger partial charge in [0.05, 0.1) is 54.9 Å². The summed E-state index contributed by atoms with van der Waals surface area (Å²) >= 11 is 0. The van der Waals surface area contributed by atoms with E-state index in [1.807, 2.05) is 0 Å². The van der Waals surface area contributed by atoms with Crippen LogP contribution in [0.3, 0.4) is 0 Å². The molecule has 126 heavy (non-hydrogen) atoms. The average molecular weight is 1760 g/mol. The second-order valence-electron chi connectivity index (χ2n) is 32.6. The molecule has 16 unspecified atom stereocenters. The number of carboxylic acid groups (broad SMARTS) is 2. The fourth-order valence-corrected chi connectivity index (χ4v) is 13.9. The molecule has 43 heteroatoms. The number of guanidine groups is 1. The van der Waals surface area contributed by atoms with Gasteiger partial charge in [0.1, 0.15) is 84.3 Å². The molecule has 688 valence electrons. The minimum absolute atomic E-state index is 0.0233. The normalized spacial score (nSPS) is 16.1. The highest BCUT2D eigenvalue weighted by Crippen LogP contribution is 2.23. The lowest BCUT2D eigenvalue weighted by Crippen LogP contribution is -2.62. The van der Waals surface area contributed by atoms with Crippen LogP contribution in [0.25, 0.3) is 0 Å². The number of imidazole rings is 3. The Labute approximate surface area is 728 Å². The summed E-state index contributed by atoms with van der Waals surface area (Å²) in [7, 11) is 0. The van der Waals surface area contributed by atoms with Crippen molar-refractivity contribution >= 4 is 101 Å². The summed E-state index contributed by atoms with van der Waals surface area (Å²) < 4.78 is 0. The van der Waals surface area contributed by atoms with Gasteiger partial charge in [-0.1, -0.05) is 125 Å². The van der Waals surface area contributed by atoms with Crippen molar-refractivity contribution in [3.8, 4) is 5.75 Å². The topological polar surface area (TPSA) is 681 Å². The van der Waals surface area contributed by atoms with Gasteiger partial charge in [-0.25, -0.2) is 19.7 Å². The molecule has 0 aliphatic carbocycles. The summed E-state index contributed by atoms with van der Waals surface area (Å²) in [5.41, 5.74) is 18.4. The predicted molar refractivity (Wildman–Crippen MR) is 456 cm³/mol. The molecule has 14 amide bonds. The van der Waals surface area contributed by atoms with E-state index in [9.17, 15) is 68.1 Å². The van der Waals surface area contributed by atoms with Crippen LogP contribution in [0, 0.1) is 35.0 Å². The number of aliphatic carboxylic acids is 2. The molecule has 0 saturated carbocycles. The number of aromatic nitrogens is 6. The number of likely N-dealkylation sites (tertiary alicyclic amines) is 1. The lowest BCUT2D eigenvalue weighted by atomic mass is 9.95. The molecule has 26 N–H and O–H groups in total. The van der Waals surface area contributed by atoms with Crippen LogP contribution in [0.5, 0.6) is 5.75 Å². The molecule has 6 rings (SSSR count). The zero-order valence-electron chi connectivity index (χ0n) is 72.3. The molecule has 1 aliphatic rings. The molecule has 0 spiro atoms. The number of carbonyl (C=O) groups is 16. The fraction of sp³-hybridized carbons (Fsp3) is 0.542. The van der Waals surface area contributed by atoms with E-state index in [1.165, 1.54) is 66.7 Å². The zero-order chi connectivity index (χ0) is 93.2. The molecule has 0 bridgehead atoms. The van der Waals surface area contributed by atoms with Gasteiger partial charge in [0, 0.05) is 63.8 Å². The first-order valence-electron chi connectivity index (χ1n) is 41.9. The smallest absolute Gasteiger partial charge is 0.326 e. The highest BCUT2D eigenvalue weighted by atomic mass is 16.4. The summed E-state index contributed by atoms with van der Waals surface area (Å²) in [6.07, 6.45) is 6.51. The number of aromatic hydroxyl groups is 1. The first-order valence-corrected chi connectivity index (χ1v) is 41.9. The molecular formula is C83H122N24O19. The number of nitrogens with one attached hydrogen (secondary N) is 17. The van der Waals surface area contributed by atoms with Crippen LogP contribution < -0.4 is 86.3 Å². The van der Waals surface area contributed by atoms with Crippen LogP contribution >= 0.6 is 0 Å². The number of hydrogen-bond acceptors (Lipinski definition) is 22. The van der Waals surface area contributed by atoms with E-state index in [-0.39, 0.29) is 113 Å². The van der Waals surface area contributed by atoms with Crippen LogP contribution in [-0.4, -0.2) is 248 Å². The quantitative estimate of drug-likeness (QED) is 0.0107. The van der Waals surface area contributed by atoms with E-state index in [2.05, 4.69) is 99.0 Å². The van der Waals surface area contributed by atoms with Gasteiger partial charge in [-0.05, 0) is 85.0 Å². The third kappa shape index (κ3) is 32.4. The van der Waals surface area contributed by atoms with Crippen LogP contribution in [0.1, 0.15) is 155 Å². The zero-order valence-corrected chi connectivity index (χ0v) is 72.3. The van der Waals surface area contributed by atoms with Gasteiger partial charge in [-0.2, -0.15) is 0 Å². The van der Waals surface area contributed by atoms with E-state index < -0.39 is 216 Å². The van der Waals surface area contributed by atoms with Crippen LogP contribution in [0.15, 0.2) is 92.2 Å². The first-order chi connectivity index (χ1) is 59.7. The standard InChI is InChI=1S/C83H122N24O19/c1-11-45(9)67(105-75(118)57(30-48-22-24-52(108)25-23-48)99-77(120)65(43(5)6)103-70(113)54(20-16-26-91-83(86)87)95-69(112)53(84)34-64(110)111)80(123)101-60(33-51-38-90-41-94-51)81(124)107-27-17-21-62(107)76(119)98-56(29-47-18-14-13-15-19-47)71(114)97-58(31-49-36-88-39-92-49)72(115)96-55(28-42(3)4)74(117)104-66(44(7)8)78(121)106-68(46(10)12-2)79(122)100-59(32-50-37-89-40-93-50)73(116)102-61(82(125)126)35-63(85)109/h13-15,18-19,22-25,36-46,53-62,65-68,108H,11-12,16-17,20-21,26-35,84H2,1-10H3,(H2,85,109)(H,88,92)(H,89,93)(H,90,94)(H,95,112)(H,96,115)(H,97,114)(H,98,119)(H,99,120)(H,100,122)(H,101,123)(H,102,116)(H,103,113)(H,104,117)(H,105,118)(H,106,121)(H,110,111)(H,125,126)(H4,86,87,91). The minimum Gasteiger partial charge on any atom is -0.508 e. The first kappa shape index (κ1) is 101. The monoisotopic (exact) mass is 1760 g/mol. The number of hydrogen-bond donors (Lipinski definition) is 23. The largest absolute Gasteiger partial charge is 0.508 e. The third-order valence-corrected chi connectivity index (χ3v) is 21.3. The number of phenolic OH excluding ortho intramolecular Hbond substituents is 1. The Hall–Kier alpha value is -13.4. The Morgan fingerprint density at radius 1 is 0.476 bits per heavy atom. The number of carbonyl (C=O) groups excluding carboxylic acids is 14. The number of rotatable bonds is 52. The highest BCUT2D eigenvalue weighted by Gasteiger charge is 2.44. The molecule has 1 saturated heterocycles. The molecule has 1 fully saturated rings. The number of benzene rings is 2.